The highest BCUT2D eigenvalue weighted by Gasteiger charge is 2.11. The van der Waals surface area contributed by atoms with Gasteiger partial charge in [0.05, 0.1) is 11.0 Å². The molecule has 0 aliphatic rings. The molecule has 102 valence electrons. The van der Waals surface area contributed by atoms with E-state index < -0.39 is 0 Å². The molecule has 4 rings (SSSR count). The summed E-state index contributed by atoms with van der Waals surface area (Å²) in [5, 5.41) is 3.98. The Balaban J connectivity index is 1.93. The van der Waals surface area contributed by atoms with E-state index in [2.05, 4.69) is 30.0 Å². The van der Waals surface area contributed by atoms with Crippen LogP contribution in [0.25, 0.3) is 22.9 Å². The SMILES string of the molecule is Nc1nc(-n2cncn2)nc(-n2cnc3ccccc32)n1. The van der Waals surface area contributed by atoms with Crippen molar-refractivity contribution in [2.45, 2.75) is 0 Å². The summed E-state index contributed by atoms with van der Waals surface area (Å²) in [7, 11) is 0. The second kappa shape index (κ2) is 4.34. The predicted octanol–water partition coefficient (Wildman–Crippen LogP) is 0.373. The highest BCUT2D eigenvalue weighted by molar-refractivity contribution is 5.76. The van der Waals surface area contributed by atoms with Gasteiger partial charge in [-0.05, 0) is 12.1 Å². The lowest BCUT2D eigenvalue weighted by Gasteiger charge is -2.05. The van der Waals surface area contributed by atoms with Crippen LogP contribution in [-0.4, -0.2) is 39.3 Å². The molecule has 2 N–H and O–H groups in total. The van der Waals surface area contributed by atoms with Gasteiger partial charge in [0.25, 0.3) is 5.95 Å². The van der Waals surface area contributed by atoms with Crippen LogP contribution in [0, 0.1) is 0 Å². The molecule has 0 spiro atoms. The summed E-state index contributed by atoms with van der Waals surface area (Å²) in [6.45, 7) is 0. The van der Waals surface area contributed by atoms with E-state index in [-0.39, 0.29) is 5.95 Å². The Labute approximate surface area is 118 Å². The number of aromatic nitrogens is 8. The summed E-state index contributed by atoms with van der Waals surface area (Å²) in [4.78, 5) is 20.7. The summed E-state index contributed by atoms with van der Waals surface area (Å²) < 4.78 is 3.16. The van der Waals surface area contributed by atoms with Crippen LogP contribution in [0.5, 0.6) is 0 Å². The molecule has 0 atom stereocenters. The van der Waals surface area contributed by atoms with Crippen molar-refractivity contribution in [3.05, 3.63) is 43.2 Å². The lowest BCUT2D eigenvalue weighted by atomic mass is 10.3. The molecule has 0 amide bonds. The summed E-state index contributed by atoms with van der Waals surface area (Å²) in [5.74, 6) is 0.776. The van der Waals surface area contributed by atoms with Crippen LogP contribution in [0.15, 0.2) is 43.2 Å². The normalized spacial score (nSPS) is 11.0. The molecule has 21 heavy (non-hydrogen) atoms. The zero-order chi connectivity index (χ0) is 14.2. The molecule has 0 unspecified atom stereocenters. The summed E-state index contributed by atoms with van der Waals surface area (Å²) >= 11 is 0. The first-order valence-electron chi connectivity index (χ1n) is 6.10. The lowest BCUT2D eigenvalue weighted by molar-refractivity contribution is 0.780. The van der Waals surface area contributed by atoms with E-state index in [0.29, 0.717) is 11.9 Å². The Morgan fingerprint density at radius 2 is 1.81 bits per heavy atom. The van der Waals surface area contributed by atoms with Crippen LogP contribution in [0.2, 0.25) is 0 Å². The number of hydrogen-bond donors (Lipinski definition) is 1. The van der Waals surface area contributed by atoms with E-state index in [1.165, 1.54) is 17.3 Å². The molecule has 0 aliphatic carbocycles. The topological polar surface area (TPSA) is 113 Å². The van der Waals surface area contributed by atoms with E-state index in [4.69, 9.17) is 5.73 Å². The zero-order valence-electron chi connectivity index (χ0n) is 10.7. The Kier molecular flexibility index (Phi) is 2.37. The standard InChI is InChI=1S/C12H9N9/c13-10-17-11(19-12(18-10)21-6-14-5-16-21)20-7-15-8-3-1-2-4-9(8)20/h1-7H,(H2,13,17,18,19). The average Bonchev–Trinajstić information content (AvgIpc) is 3.16. The van der Waals surface area contributed by atoms with Gasteiger partial charge in [-0.2, -0.15) is 24.7 Å². The summed E-state index contributed by atoms with van der Waals surface area (Å²) in [6.07, 6.45) is 4.53. The molecule has 3 aromatic heterocycles. The van der Waals surface area contributed by atoms with Crippen LogP contribution in [-0.2, 0) is 0 Å². The largest absolute Gasteiger partial charge is 0.368 e. The molecular formula is C12H9N9. The third-order valence-corrected chi connectivity index (χ3v) is 2.92. The number of hydrogen-bond acceptors (Lipinski definition) is 7. The monoisotopic (exact) mass is 279 g/mol. The second-order valence-corrected chi connectivity index (χ2v) is 4.24. The van der Waals surface area contributed by atoms with Gasteiger partial charge in [-0.1, -0.05) is 12.1 Å². The lowest BCUT2D eigenvalue weighted by Crippen LogP contribution is -2.11. The van der Waals surface area contributed by atoms with Gasteiger partial charge < -0.3 is 5.73 Å². The van der Waals surface area contributed by atoms with E-state index in [1.54, 1.807) is 10.9 Å². The van der Waals surface area contributed by atoms with E-state index in [0.717, 1.165) is 11.0 Å². The number of nitrogens with zero attached hydrogens (tertiary/aromatic N) is 8. The van der Waals surface area contributed by atoms with Gasteiger partial charge in [0, 0.05) is 0 Å². The first-order valence-corrected chi connectivity index (χ1v) is 6.10. The summed E-state index contributed by atoms with van der Waals surface area (Å²) in [6, 6.07) is 7.68. The first-order chi connectivity index (χ1) is 10.3. The number of para-hydroxylation sites is 2. The molecule has 0 fully saturated rings. The predicted molar refractivity (Wildman–Crippen MR) is 73.8 cm³/mol. The van der Waals surface area contributed by atoms with Crippen LogP contribution >= 0.6 is 0 Å². The van der Waals surface area contributed by atoms with Gasteiger partial charge >= 0.3 is 0 Å². The van der Waals surface area contributed by atoms with Crippen LogP contribution in [0.4, 0.5) is 5.95 Å². The number of anilines is 1. The molecule has 0 aliphatic heterocycles. The molecule has 9 heteroatoms. The number of fused-ring (bicyclic) bond motifs is 1. The maximum atomic E-state index is 5.76. The third-order valence-electron chi connectivity index (χ3n) is 2.92. The average molecular weight is 279 g/mol. The van der Waals surface area contributed by atoms with Crippen molar-refractivity contribution < 1.29 is 0 Å². The minimum absolute atomic E-state index is 0.100. The molecule has 4 aromatic rings. The second-order valence-electron chi connectivity index (χ2n) is 4.24. The fourth-order valence-electron chi connectivity index (χ4n) is 2.01. The molecule has 3 heterocycles. The van der Waals surface area contributed by atoms with Crippen molar-refractivity contribution in [3.8, 4) is 11.9 Å². The van der Waals surface area contributed by atoms with Crippen LogP contribution in [0.1, 0.15) is 0 Å². The van der Waals surface area contributed by atoms with Gasteiger partial charge in [-0.25, -0.2) is 9.97 Å². The Morgan fingerprint density at radius 1 is 0.952 bits per heavy atom. The fraction of sp³-hybridized carbons (Fsp3) is 0. The molecule has 9 nitrogen and oxygen atoms in total. The highest BCUT2D eigenvalue weighted by atomic mass is 15.4. The van der Waals surface area contributed by atoms with Crippen LogP contribution in [0.3, 0.4) is 0 Å². The smallest absolute Gasteiger partial charge is 0.258 e. The van der Waals surface area contributed by atoms with Gasteiger partial charge in [0.15, 0.2) is 0 Å². The van der Waals surface area contributed by atoms with Crippen molar-refractivity contribution in [2.75, 3.05) is 5.73 Å². The van der Waals surface area contributed by atoms with Gasteiger partial charge in [0.1, 0.15) is 19.0 Å². The highest BCUT2D eigenvalue weighted by Crippen LogP contribution is 2.16. The summed E-state index contributed by atoms with van der Waals surface area (Å²) in [5.41, 5.74) is 7.49. The van der Waals surface area contributed by atoms with Gasteiger partial charge in [-0.15, -0.1) is 0 Å². The number of imidazole rings is 1. The van der Waals surface area contributed by atoms with Crippen molar-refractivity contribution in [2.24, 2.45) is 0 Å². The molecule has 1 aromatic carbocycles. The van der Waals surface area contributed by atoms with Crippen molar-refractivity contribution in [1.29, 1.82) is 0 Å². The Bertz CT molecular complexity index is 910. The molecule has 0 saturated heterocycles. The molecule has 0 saturated carbocycles. The minimum Gasteiger partial charge on any atom is -0.368 e. The first kappa shape index (κ1) is 11.5. The van der Waals surface area contributed by atoms with Crippen molar-refractivity contribution >= 4 is 17.0 Å². The van der Waals surface area contributed by atoms with Crippen molar-refractivity contribution in [3.63, 3.8) is 0 Å². The molecule has 0 radical (unpaired) electrons. The Hall–Kier alpha value is -3.36. The minimum atomic E-state index is 0.100. The maximum absolute atomic E-state index is 5.76. The van der Waals surface area contributed by atoms with Gasteiger partial charge in [-0.3, -0.25) is 4.57 Å². The number of nitrogen functional groups attached to an aromatic ring is 1. The maximum Gasteiger partial charge on any atom is 0.258 e. The van der Waals surface area contributed by atoms with Crippen molar-refractivity contribution in [1.82, 2.24) is 39.3 Å². The number of nitrogens with two attached hydrogens (primary N) is 1. The number of rotatable bonds is 2. The van der Waals surface area contributed by atoms with Gasteiger partial charge in [0.2, 0.25) is 11.9 Å². The quantitative estimate of drug-likeness (QED) is 0.564. The van der Waals surface area contributed by atoms with Crippen LogP contribution < -0.4 is 5.73 Å². The molecule has 0 bridgehead atoms. The zero-order valence-corrected chi connectivity index (χ0v) is 10.7. The third kappa shape index (κ3) is 1.87. The fourth-order valence-corrected chi connectivity index (χ4v) is 2.01. The van der Waals surface area contributed by atoms with E-state index in [9.17, 15) is 0 Å². The van der Waals surface area contributed by atoms with E-state index >= 15 is 0 Å². The molecular weight excluding hydrogens is 270 g/mol. The Morgan fingerprint density at radius 3 is 2.67 bits per heavy atom. The number of benzene rings is 1. The van der Waals surface area contributed by atoms with E-state index in [1.807, 2.05) is 24.3 Å².